The smallest absolute Gasteiger partial charge is 0.119 e. The Morgan fingerprint density at radius 1 is 1.40 bits per heavy atom. The molecule has 0 bridgehead atoms. The first-order valence-electron chi connectivity index (χ1n) is 4.63. The Labute approximate surface area is 125 Å². The summed E-state index contributed by atoms with van der Waals surface area (Å²) in [6.45, 7) is 0.421. The van der Waals surface area contributed by atoms with E-state index in [4.69, 9.17) is 10.5 Å². The van der Waals surface area contributed by atoms with E-state index in [0.717, 1.165) is 23.1 Å². The third-order valence-electron chi connectivity index (χ3n) is 2.37. The molecule has 77 valence electrons. The van der Waals surface area contributed by atoms with Gasteiger partial charge in [-0.2, -0.15) is 0 Å². The maximum Gasteiger partial charge on any atom is 0.119 e. The van der Waals surface area contributed by atoms with Crippen LogP contribution in [0.1, 0.15) is 5.56 Å². The molecule has 2 N–H and O–H groups in total. The summed E-state index contributed by atoms with van der Waals surface area (Å²) in [5.74, 6) is 0.864. The van der Waals surface area contributed by atoms with Crippen molar-refractivity contribution in [2.75, 3.05) is 13.7 Å². The van der Waals surface area contributed by atoms with E-state index in [1.54, 1.807) is 7.11 Å². The Morgan fingerprint density at radius 3 is 2.87 bits per heavy atom. The zero-order chi connectivity index (χ0) is 9.97. The Bertz CT molecular complexity index is 439. The van der Waals surface area contributed by atoms with Crippen LogP contribution in [0.3, 0.4) is 0 Å². The average Bonchev–Trinajstić information content (AvgIpc) is 2.61. The molecule has 2 rings (SSSR count). The topological polar surface area (TPSA) is 48.8 Å². The predicted octanol–water partition coefficient (Wildman–Crippen LogP) is 2.77. The number of hydrogen-bond acceptors (Lipinski definition) is 1. The van der Waals surface area contributed by atoms with Crippen LogP contribution in [-0.2, 0) is 6.42 Å². The monoisotopic (exact) mass is 416 g/mol. The number of ether oxygens (including phenoxy) is 1. The second-order valence-electron chi connectivity index (χ2n) is 3.23. The van der Waals surface area contributed by atoms with Crippen molar-refractivity contribution < 1.29 is 48.8 Å². The van der Waals surface area contributed by atoms with E-state index in [-0.39, 0.29) is 44.1 Å². The molecule has 0 saturated carbocycles. The molecular formula is C11H13AcN2O-. The molecule has 0 aliphatic rings. The van der Waals surface area contributed by atoms with Crippen LogP contribution in [0.25, 0.3) is 16.6 Å². The van der Waals surface area contributed by atoms with Crippen molar-refractivity contribution in [3.8, 4) is 5.75 Å². The van der Waals surface area contributed by atoms with Crippen LogP contribution in [0, 0.1) is 44.1 Å². The van der Waals surface area contributed by atoms with Crippen LogP contribution in [0.4, 0.5) is 0 Å². The molecule has 0 unspecified atom stereocenters. The van der Waals surface area contributed by atoms with Gasteiger partial charge in [-0.1, -0.05) is 0 Å². The standard InChI is InChI=1S/C11H13N2O.Ac/c1-14-9-2-3-11-10(6-9)8(4-5-12)7-13-11;/h2-3,6-7,12-13H,4-5H2,1H3;/q-1;. The fourth-order valence-electron chi connectivity index (χ4n) is 1.63. The zero-order valence-corrected chi connectivity index (χ0v) is 13.5. The van der Waals surface area contributed by atoms with Gasteiger partial charge in [0.1, 0.15) is 5.75 Å². The van der Waals surface area contributed by atoms with Gasteiger partial charge in [-0.3, -0.25) is 0 Å². The summed E-state index contributed by atoms with van der Waals surface area (Å²) in [5.41, 5.74) is 9.50. The first-order valence-corrected chi connectivity index (χ1v) is 4.63. The van der Waals surface area contributed by atoms with Crippen molar-refractivity contribution in [1.82, 2.24) is 4.98 Å². The number of fused-ring (bicyclic) bond motifs is 1. The molecule has 1 radical (unpaired) electrons. The maximum absolute atomic E-state index is 7.21. The SMILES string of the molecule is COc1ccc2[nH]cc(CC[NH-])c2c1.[Ac]. The number of hydrogen-bond donors (Lipinski definition) is 1. The minimum Gasteiger partial charge on any atom is -0.677 e. The first kappa shape index (κ1) is 13.0. The van der Waals surface area contributed by atoms with Crippen molar-refractivity contribution in [3.63, 3.8) is 0 Å². The number of methoxy groups -OCH3 is 1. The van der Waals surface area contributed by atoms with E-state index in [1.807, 2.05) is 24.4 Å². The average molecular weight is 416 g/mol. The molecule has 0 amide bonds. The van der Waals surface area contributed by atoms with E-state index in [0.29, 0.717) is 6.54 Å². The molecule has 1 aromatic carbocycles. The summed E-state index contributed by atoms with van der Waals surface area (Å²) < 4.78 is 5.16. The Morgan fingerprint density at radius 2 is 2.20 bits per heavy atom. The van der Waals surface area contributed by atoms with E-state index in [9.17, 15) is 0 Å². The first-order chi connectivity index (χ1) is 6.85. The Kier molecular flexibility index (Phi) is 5.11. The molecule has 0 fully saturated rings. The molecular weight excluding hydrogens is 403 g/mol. The van der Waals surface area contributed by atoms with E-state index in [2.05, 4.69) is 4.98 Å². The van der Waals surface area contributed by atoms with Gasteiger partial charge in [0, 0.05) is 61.2 Å². The van der Waals surface area contributed by atoms with Crippen molar-refractivity contribution >= 4 is 10.9 Å². The summed E-state index contributed by atoms with van der Waals surface area (Å²) >= 11 is 0. The van der Waals surface area contributed by atoms with Gasteiger partial charge >= 0.3 is 0 Å². The van der Waals surface area contributed by atoms with E-state index < -0.39 is 0 Å². The fourth-order valence-corrected chi connectivity index (χ4v) is 1.63. The van der Waals surface area contributed by atoms with Gasteiger partial charge in [0.2, 0.25) is 0 Å². The van der Waals surface area contributed by atoms with Crippen LogP contribution in [0.2, 0.25) is 0 Å². The van der Waals surface area contributed by atoms with Gasteiger partial charge in [-0.05, 0) is 30.2 Å². The second-order valence-corrected chi connectivity index (χ2v) is 3.23. The molecule has 15 heavy (non-hydrogen) atoms. The molecule has 1 aromatic heterocycles. The minimum absolute atomic E-state index is 0. The van der Waals surface area contributed by atoms with Crippen LogP contribution in [-0.4, -0.2) is 18.6 Å². The fraction of sp³-hybridized carbons (Fsp3) is 0.273. The molecule has 0 spiro atoms. The molecule has 0 saturated heterocycles. The molecule has 2 aromatic rings. The van der Waals surface area contributed by atoms with Gasteiger partial charge in [-0.25, -0.2) is 0 Å². The summed E-state index contributed by atoms with van der Waals surface area (Å²) in [7, 11) is 1.66. The third-order valence-corrected chi connectivity index (χ3v) is 2.37. The molecule has 0 atom stereocenters. The minimum atomic E-state index is 0. The summed E-state index contributed by atoms with van der Waals surface area (Å²) in [5, 5.41) is 1.16. The van der Waals surface area contributed by atoms with Gasteiger partial charge in [0.05, 0.1) is 7.11 Å². The Balaban J connectivity index is 0.00000112. The van der Waals surface area contributed by atoms with Crippen LogP contribution in [0.5, 0.6) is 5.75 Å². The van der Waals surface area contributed by atoms with E-state index >= 15 is 0 Å². The van der Waals surface area contributed by atoms with Gasteiger partial charge < -0.3 is 15.5 Å². The van der Waals surface area contributed by atoms with Crippen molar-refractivity contribution in [3.05, 3.63) is 35.7 Å². The van der Waals surface area contributed by atoms with Crippen molar-refractivity contribution in [2.45, 2.75) is 6.42 Å². The van der Waals surface area contributed by atoms with Crippen molar-refractivity contribution in [1.29, 1.82) is 0 Å². The third kappa shape index (κ3) is 2.75. The second kappa shape index (κ2) is 5.89. The summed E-state index contributed by atoms with van der Waals surface area (Å²) in [4.78, 5) is 3.19. The van der Waals surface area contributed by atoms with Crippen LogP contribution >= 0.6 is 0 Å². The van der Waals surface area contributed by atoms with Gasteiger partial charge in [0.15, 0.2) is 0 Å². The Hall–Kier alpha value is -0.0384. The van der Waals surface area contributed by atoms with Crippen LogP contribution < -0.4 is 4.74 Å². The largest absolute Gasteiger partial charge is 0.677 e. The predicted molar refractivity (Wildman–Crippen MR) is 57.7 cm³/mol. The summed E-state index contributed by atoms with van der Waals surface area (Å²) in [6, 6.07) is 5.95. The zero-order valence-electron chi connectivity index (χ0n) is 8.71. The molecule has 0 aliphatic carbocycles. The number of aromatic nitrogens is 1. The van der Waals surface area contributed by atoms with Gasteiger partial charge in [-0.15, -0.1) is 6.54 Å². The number of H-pyrrole nitrogens is 1. The maximum atomic E-state index is 7.21. The number of aromatic amines is 1. The summed E-state index contributed by atoms with van der Waals surface area (Å²) in [6.07, 6.45) is 2.76. The quantitative estimate of drug-likeness (QED) is 0.822. The van der Waals surface area contributed by atoms with Crippen molar-refractivity contribution in [2.24, 2.45) is 0 Å². The number of nitrogens with one attached hydrogen (secondary N) is 2. The number of benzene rings is 1. The van der Waals surface area contributed by atoms with Crippen LogP contribution in [0.15, 0.2) is 24.4 Å². The normalized spacial score (nSPS) is 10.0. The molecule has 1 heterocycles. The number of rotatable bonds is 3. The molecule has 0 aliphatic heterocycles. The molecule has 3 nitrogen and oxygen atoms in total. The molecule has 4 heteroatoms. The van der Waals surface area contributed by atoms with Gasteiger partial charge in [0.25, 0.3) is 0 Å². The van der Waals surface area contributed by atoms with E-state index in [1.165, 1.54) is 5.56 Å².